The van der Waals surface area contributed by atoms with E-state index in [0.29, 0.717) is 10.2 Å². The first kappa shape index (κ1) is 13.9. The lowest BCUT2D eigenvalue weighted by molar-refractivity contribution is 0.618. The monoisotopic (exact) mass is 276 g/mol. The van der Waals surface area contributed by atoms with Crippen LogP contribution in [0.3, 0.4) is 0 Å². The largest absolute Gasteiger partial charge is 0.343 e. The van der Waals surface area contributed by atoms with Gasteiger partial charge in [0.2, 0.25) is 0 Å². The summed E-state index contributed by atoms with van der Waals surface area (Å²) in [5.41, 5.74) is 3.44. The number of nitrogens with zero attached hydrogens (tertiary/aromatic N) is 1. The standard InChI is InChI=1S/C15H17FN2S/c1-4-5-13-17-14(10(3)15(19)18-13)11-6-7-12(16)9(2)8-11/h6-8H,4-5H2,1-3H3,(H,17,18,19). The molecule has 2 nitrogen and oxygen atoms in total. The van der Waals surface area contributed by atoms with Crippen molar-refractivity contribution >= 4 is 12.2 Å². The molecule has 0 saturated carbocycles. The van der Waals surface area contributed by atoms with E-state index in [-0.39, 0.29) is 5.82 Å². The van der Waals surface area contributed by atoms with Gasteiger partial charge in [-0.3, -0.25) is 0 Å². The number of hydrogen-bond donors (Lipinski definition) is 1. The molecule has 2 aromatic rings. The summed E-state index contributed by atoms with van der Waals surface area (Å²) in [6.45, 7) is 5.80. The van der Waals surface area contributed by atoms with E-state index in [1.165, 1.54) is 6.07 Å². The Morgan fingerprint density at radius 3 is 2.68 bits per heavy atom. The van der Waals surface area contributed by atoms with Crippen molar-refractivity contribution in [2.45, 2.75) is 33.6 Å². The second kappa shape index (κ2) is 5.61. The van der Waals surface area contributed by atoms with Crippen LogP contribution in [0.2, 0.25) is 0 Å². The fourth-order valence-corrected chi connectivity index (χ4v) is 2.24. The Balaban J connectivity index is 2.60. The summed E-state index contributed by atoms with van der Waals surface area (Å²) in [5, 5.41) is 0. The smallest absolute Gasteiger partial charge is 0.133 e. The molecule has 0 aliphatic rings. The van der Waals surface area contributed by atoms with E-state index >= 15 is 0 Å². The van der Waals surface area contributed by atoms with Crippen molar-refractivity contribution in [2.24, 2.45) is 0 Å². The van der Waals surface area contributed by atoms with Crippen LogP contribution in [0.4, 0.5) is 4.39 Å². The van der Waals surface area contributed by atoms with E-state index in [1.54, 1.807) is 13.0 Å². The van der Waals surface area contributed by atoms with Crippen LogP contribution in [0.1, 0.15) is 30.3 Å². The van der Waals surface area contributed by atoms with Crippen molar-refractivity contribution in [3.63, 3.8) is 0 Å². The zero-order valence-electron chi connectivity index (χ0n) is 11.4. The molecule has 0 fully saturated rings. The second-order valence-electron chi connectivity index (χ2n) is 4.70. The predicted molar refractivity (Wildman–Crippen MR) is 78.3 cm³/mol. The number of hydrogen-bond acceptors (Lipinski definition) is 2. The minimum Gasteiger partial charge on any atom is -0.343 e. The lowest BCUT2D eigenvalue weighted by atomic mass is 10.0. The van der Waals surface area contributed by atoms with Gasteiger partial charge in [-0.1, -0.05) is 19.1 Å². The summed E-state index contributed by atoms with van der Waals surface area (Å²) in [4.78, 5) is 7.69. The first-order chi connectivity index (χ1) is 9.02. The van der Waals surface area contributed by atoms with Gasteiger partial charge in [-0.25, -0.2) is 9.37 Å². The van der Waals surface area contributed by atoms with E-state index in [2.05, 4.69) is 16.9 Å². The topological polar surface area (TPSA) is 28.7 Å². The summed E-state index contributed by atoms with van der Waals surface area (Å²) >= 11 is 5.30. The maximum Gasteiger partial charge on any atom is 0.133 e. The maximum atomic E-state index is 13.4. The van der Waals surface area contributed by atoms with Crippen LogP contribution < -0.4 is 0 Å². The molecule has 0 amide bonds. The molecule has 0 aliphatic heterocycles. The maximum absolute atomic E-state index is 13.4. The Morgan fingerprint density at radius 2 is 2.05 bits per heavy atom. The molecular weight excluding hydrogens is 259 g/mol. The summed E-state index contributed by atoms with van der Waals surface area (Å²) in [7, 11) is 0. The van der Waals surface area contributed by atoms with E-state index in [1.807, 2.05) is 13.0 Å². The molecule has 1 heterocycles. The molecule has 2 rings (SSSR count). The highest BCUT2D eigenvalue weighted by Gasteiger charge is 2.08. The number of benzene rings is 1. The van der Waals surface area contributed by atoms with Crippen molar-refractivity contribution in [1.29, 1.82) is 0 Å². The Kier molecular flexibility index (Phi) is 4.10. The van der Waals surface area contributed by atoms with Crippen LogP contribution in [-0.2, 0) is 6.42 Å². The van der Waals surface area contributed by atoms with E-state index in [4.69, 9.17) is 12.2 Å². The van der Waals surface area contributed by atoms with Crippen molar-refractivity contribution in [3.8, 4) is 11.3 Å². The molecule has 1 aromatic heterocycles. The van der Waals surface area contributed by atoms with E-state index in [9.17, 15) is 4.39 Å². The Morgan fingerprint density at radius 1 is 1.32 bits per heavy atom. The van der Waals surface area contributed by atoms with Crippen LogP contribution in [0, 0.1) is 24.3 Å². The highest BCUT2D eigenvalue weighted by molar-refractivity contribution is 7.71. The first-order valence-electron chi connectivity index (χ1n) is 6.39. The molecular formula is C15H17FN2S. The number of aryl methyl sites for hydroxylation is 2. The van der Waals surface area contributed by atoms with Gasteiger partial charge in [0.25, 0.3) is 0 Å². The minimum absolute atomic E-state index is 0.192. The first-order valence-corrected chi connectivity index (χ1v) is 6.80. The number of aromatic amines is 1. The molecule has 0 spiro atoms. The molecule has 1 aromatic carbocycles. The fraction of sp³-hybridized carbons (Fsp3) is 0.333. The molecule has 0 aliphatic carbocycles. The van der Waals surface area contributed by atoms with Gasteiger partial charge in [-0.2, -0.15) is 0 Å². The highest BCUT2D eigenvalue weighted by Crippen LogP contribution is 2.24. The summed E-state index contributed by atoms with van der Waals surface area (Å²) in [5.74, 6) is 0.693. The lowest BCUT2D eigenvalue weighted by Gasteiger charge is -2.10. The molecule has 0 radical (unpaired) electrons. The Labute approximate surface area is 117 Å². The third-order valence-corrected chi connectivity index (χ3v) is 3.53. The molecule has 0 unspecified atom stereocenters. The molecule has 19 heavy (non-hydrogen) atoms. The average molecular weight is 276 g/mol. The number of aromatic nitrogens is 2. The molecule has 1 N–H and O–H groups in total. The van der Waals surface area contributed by atoms with E-state index in [0.717, 1.165) is 35.5 Å². The SMILES string of the molecule is CCCc1nc(=S)c(C)c(-c2ccc(F)c(C)c2)[nH]1. The van der Waals surface area contributed by atoms with Crippen LogP contribution >= 0.6 is 12.2 Å². The van der Waals surface area contributed by atoms with Crippen molar-refractivity contribution in [1.82, 2.24) is 9.97 Å². The Hall–Kier alpha value is -1.55. The second-order valence-corrected chi connectivity index (χ2v) is 5.09. The quantitative estimate of drug-likeness (QED) is 0.835. The predicted octanol–water partition coefficient (Wildman–Crippen LogP) is 4.51. The third-order valence-electron chi connectivity index (χ3n) is 3.14. The average Bonchev–Trinajstić information content (AvgIpc) is 2.37. The number of halogens is 1. The van der Waals surface area contributed by atoms with Crippen molar-refractivity contribution in [2.75, 3.05) is 0 Å². The number of nitrogens with one attached hydrogen (secondary N) is 1. The molecule has 0 bridgehead atoms. The highest BCUT2D eigenvalue weighted by atomic mass is 32.1. The van der Waals surface area contributed by atoms with Gasteiger partial charge in [0.15, 0.2) is 0 Å². The molecule has 100 valence electrons. The number of rotatable bonds is 3. The van der Waals surface area contributed by atoms with Crippen molar-refractivity contribution in [3.05, 3.63) is 45.6 Å². The zero-order chi connectivity index (χ0) is 14.0. The third kappa shape index (κ3) is 2.89. The summed E-state index contributed by atoms with van der Waals surface area (Å²) < 4.78 is 14.0. The molecule has 0 atom stereocenters. The van der Waals surface area contributed by atoms with Crippen LogP contribution in [0.5, 0.6) is 0 Å². The Bertz CT molecular complexity index is 662. The van der Waals surface area contributed by atoms with Gasteiger partial charge in [-0.05, 0) is 49.6 Å². The van der Waals surface area contributed by atoms with Crippen LogP contribution in [-0.4, -0.2) is 9.97 Å². The summed E-state index contributed by atoms with van der Waals surface area (Å²) in [6.07, 6.45) is 1.86. The van der Waals surface area contributed by atoms with Gasteiger partial charge in [-0.15, -0.1) is 0 Å². The summed E-state index contributed by atoms with van der Waals surface area (Å²) in [6, 6.07) is 5.09. The molecule has 0 saturated heterocycles. The minimum atomic E-state index is -0.192. The lowest BCUT2D eigenvalue weighted by Crippen LogP contribution is -2.00. The van der Waals surface area contributed by atoms with Gasteiger partial charge < -0.3 is 4.98 Å². The normalized spacial score (nSPS) is 10.7. The fourth-order valence-electron chi connectivity index (χ4n) is 2.02. The van der Waals surface area contributed by atoms with Crippen LogP contribution in [0.15, 0.2) is 18.2 Å². The van der Waals surface area contributed by atoms with Gasteiger partial charge in [0.1, 0.15) is 16.3 Å². The van der Waals surface area contributed by atoms with E-state index < -0.39 is 0 Å². The van der Waals surface area contributed by atoms with Crippen molar-refractivity contribution < 1.29 is 4.39 Å². The van der Waals surface area contributed by atoms with Gasteiger partial charge in [0, 0.05) is 12.0 Å². The zero-order valence-corrected chi connectivity index (χ0v) is 12.2. The number of H-pyrrole nitrogens is 1. The molecule has 4 heteroatoms. The van der Waals surface area contributed by atoms with Crippen LogP contribution in [0.25, 0.3) is 11.3 Å². The van der Waals surface area contributed by atoms with Gasteiger partial charge >= 0.3 is 0 Å². The van der Waals surface area contributed by atoms with Gasteiger partial charge in [0.05, 0.1) is 5.69 Å².